The van der Waals surface area contributed by atoms with Gasteiger partial charge in [-0.05, 0) is 30.8 Å². The van der Waals surface area contributed by atoms with Crippen molar-refractivity contribution in [2.45, 2.75) is 6.92 Å². The number of rotatable bonds is 2. The normalized spacial score (nSPS) is 15.7. The van der Waals surface area contributed by atoms with Crippen molar-refractivity contribution in [1.29, 1.82) is 0 Å². The highest BCUT2D eigenvalue weighted by Gasteiger charge is 2.15. The van der Waals surface area contributed by atoms with Gasteiger partial charge in [0.2, 0.25) is 0 Å². The molecule has 1 aliphatic rings. The maximum Gasteiger partial charge on any atom is 0.100 e. The minimum absolute atomic E-state index is 0.773. The quantitative estimate of drug-likeness (QED) is 0.581. The fraction of sp³-hybridized carbons (Fsp3) is 0.417. The summed E-state index contributed by atoms with van der Waals surface area (Å²) < 4.78 is 5.34. The van der Waals surface area contributed by atoms with E-state index in [1.54, 1.807) is 0 Å². The lowest BCUT2D eigenvalue weighted by Gasteiger charge is -2.30. The molecule has 3 nitrogen and oxygen atoms in total. The molecule has 1 saturated heterocycles. The average molecular weight is 234 g/mol. The number of anilines is 1. The first-order valence-corrected chi connectivity index (χ1v) is 5.74. The zero-order chi connectivity index (χ0) is 11.4. The SMILES string of the molecule is Cc1cccc(N2CCOCC2)c1N=C=S. The molecule has 1 aromatic rings. The molecule has 0 N–H and O–H groups in total. The van der Waals surface area contributed by atoms with E-state index in [0.29, 0.717) is 0 Å². The first-order chi connectivity index (χ1) is 7.83. The van der Waals surface area contributed by atoms with E-state index in [1.807, 2.05) is 19.1 Å². The van der Waals surface area contributed by atoms with Crippen LogP contribution in [0, 0.1) is 6.92 Å². The summed E-state index contributed by atoms with van der Waals surface area (Å²) in [6, 6.07) is 6.15. The van der Waals surface area contributed by atoms with Crippen molar-refractivity contribution < 1.29 is 4.74 Å². The highest BCUT2D eigenvalue weighted by Crippen LogP contribution is 2.32. The van der Waals surface area contributed by atoms with E-state index in [-0.39, 0.29) is 0 Å². The topological polar surface area (TPSA) is 24.8 Å². The van der Waals surface area contributed by atoms with Crippen LogP contribution in [0.25, 0.3) is 0 Å². The Kier molecular flexibility index (Phi) is 3.67. The summed E-state index contributed by atoms with van der Waals surface area (Å²) in [5.74, 6) is 0. The minimum Gasteiger partial charge on any atom is -0.378 e. The summed E-state index contributed by atoms with van der Waals surface area (Å²) >= 11 is 4.69. The second-order valence-corrected chi connectivity index (χ2v) is 3.93. The van der Waals surface area contributed by atoms with Gasteiger partial charge in [0.1, 0.15) is 5.69 Å². The largest absolute Gasteiger partial charge is 0.378 e. The summed E-state index contributed by atoms with van der Waals surface area (Å²) in [7, 11) is 0. The Labute approximate surface area is 101 Å². The van der Waals surface area contributed by atoms with Crippen molar-refractivity contribution in [3.63, 3.8) is 0 Å². The van der Waals surface area contributed by atoms with Crippen LogP contribution < -0.4 is 4.90 Å². The second-order valence-electron chi connectivity index (χ2n) is 3.75. The van der Waals surface area contributed by atoms with Gasteiger partial charge in [-0.3, -0.25) is 0 Å². The highest BCUT2D eigenvalue weighted by molar-refractivity contribution is 7.78. The molecule has 4 heteroatoms. The molecule has 0 atom stereocenters. The molecular weight excluding hydrogens is 220 g/mol. The van der Waals surface area contributed by atoms with Crippen LogP contribution in [0.3, 0.4) is 0 Å². The molecule has 0 saturated carbocycles. The molecule has 16 heavy (non-hydrogen) atoms. The van der Waals surface area contributed by atoms with Gasteiger partial charge in [-0.25, -0.2) is 0 Å². The lowest BCUT2D eigenvalue weighted by Crippen LogP contribution is -2.36. The van der Waals surface area contributed by atoms with Gasteiger partial charge in [-0.2, -0.15) is 4.99 Å². The summed E-state index contributed by atoms with van der Waals surface area (Å²) in [6.07, 6.45) is 0. The number of aliphatic imine (C=N–C) groups is 1. The maximum absolute atomic E-state index is 5.34. The van der Waals surface area contributed by atoms with Gasteiger partial charge >= 0.3 is 0 Å². The standard InChI is InChI=1S/C12H14N2OS/c1-10-3-2-4-11(12(10)13-9-16)14-5-7-15-8-6-14/h2-4H,5-8H2,1H3. The molecule has 1 heterocycles. The number of ether oxygens (including phenoxy) is 1. The summed E-state index contributed by atoms with van der Waals surface area (Å²) in [6.45, 7) is 5.39. The van der Waals surface area contributed by atoms with Crippen molar-refractivity contribution in [2.75, 3.05) is 31.2 Å². The monoisotopic (exact) mass is 234 g/mol. The number of thiocarbonyl (C=S) groups is 1. The molecule has 1 fully saturated rings. The van der Waals surface area contributed by atoms with Crippen LogP contribution in [-0.4, -0.2) is 31.5 Å². The third-order valence-electron chi connectivity index (χ3n) is 2.73. The van der Waals surface area contributed by atoms with Crippen molar-refractivity contribution in [2.24, 2.45) is 4.99 Å². The van der Waals surface area contributed by atoms with E-state index in [1.165, 1.54) is 0 Å². The minimum atomic E-state index is 0.773. The molecule has 0 unspecified atom stereocenters. The van der Waals surface area contributed by atoms with E-state index in [0.717, 1.165) is 43.2 Å². The Morgan fingerprint density at radius 2 is 2.12 bits per heavy atom. The van der Waals surface area contributed by atoms with Crippen molar-refractivity contribution in [1.82, 2.24) is 0 Å². The van der Waals surface area contributed by atoms with Crippen LogP contribution in [0.15, 0.2) is 23.2 Å². The predicted molar refractivity (Wildman–Crippen MR) is 68.9 cm³/mol. The highest BCUT2D eigenvalue weighted by atomic mass is 32.1. The lowest BCUT2D eigenvalue weighted by atomic mass is 10.1. The third kappa shape index (κ3) is 2.30. The number of hydrogen-bond donors (Lipinski definition) is 0. The zero-order valence-corrected chi connectivity index (χ0v) is 10.1. The third-order valence-corrected chi connectivity index (χ3v) is 2.82. The number of benzene rings is 1. The fourth-order valence-corrected chi connectivity index (χ4v) is 1.99. The number of isothiocyanates is 1. The Bertz CT molecular complexity index is 421. The summed E-state index contributed by atoms with van der Waals surface area (Å²) in [4.78, 5) is 6.44. The first-order valence-electron chi connectivity index (χ1n) is 5.33. The zero-order valence-electron chi connectivity index (χ0n) is 9.27. The van der Waals surface area contributed by atoms with Gasteiger partial charge < -0.3 is 9.64 Å². The molecule has 0 bridgehead atoms. The van der Waals surface area contributed by atoms with Gasteiger partial charge in [-0.15, -0.1) is 0 Å². The summed E-state index contributed by atoms with van der Waals surface area (Å²) in [5, 5.41) is 2.45. The number of aryl methyl sites for hydroxylation is 1. The number of nitrogens with zero attached hydrogens (tertiary/aromatic N) is 2. The number of para-hydroxylation sites is 1. The number of hydrogen-bond acceptors (Lipinski definition) is 4. The van der Waals surface area contributed by atoms with Crippen LogP contribution in [-0.2, 0) is 4.74 Å². The molecule has 0 spiro atoms. The van der Waals surface area contributed by atoms with Gasteiger partial charge in [0.15, 0.2) is 0 Å². The molecule has 1 aromatic carbocycles. The smallest absolute Gasteiger partial charge is 0.100 e. The Hall–Kier alpha value is -1.22. The van der Waals surface area contributed by atoms with E-state index in [4.69, 9.17) is 17.0 Å². The lowest BCUT2D eigenvalue weighted by molar-refractivity contribution is 0.123. The van der Waals surface area contributed by atoms with Gasteiger partial charge in [0.25, 0.3) is 0 Å². The van der Waals surface area contributed by atoms with Crippen LogP contribution in [0.4, 0.5) is 11.4 Å². The van der Waals surface area contributed by atoms with Crippen molar-refractivity contribution >= 4 is 28.8 Å². The van der Waals surface area contributed by atoms with Gasteiger partial charge in [-0.1, -0.05) is 12.1 Å². The van der Waals surface area contributed by atoms with Crippen molar-refractivity contribution in [3.05, 3.63) is 23.8 Å². The van der Waals surface area contributed by atoms with Crippen LogP contribution in [0.5, 0.6) is 0 Å². The maximum atomic E-state index is 5.34. The van der Waals surface area contributed by atoms with Crippen LogP contribution >= 0.6 is 12.2 Å². The number of morpholine rings is 1. The second kappa shape index (κ2) is 5.21. The first kappa shape index (κ1) is 11.3. The Morgan fingerprint density at radius 3 is 2.81 bits per heavy atom. The fourth-order valence-electron chi connectivity index (χ4n) is 1.89. The van der Waals surface area contributed by atoms with Crippen LogP contribution in [0.2, 0.25) is 0 Å². The molecule has 0 aliphatic carbocycles. The van der Waals surface area contributed by atoms with E-state index >= 15 is 0 Å². The van der Waals surface area contributed by atoms with Gasteiger partial charge in [0.05, 0.1) is 24.1 Å². The summed E-state index contributed by atoms with van der Waals surface area (Å²) in [5.41, 5.74) is 3.18. The van der Waals surface area contributed by atoms with Crippen LogP contribution in [0.1, 0.15) is 5.56 Å². The van der Waals surface area contributed by atoms with E-state index in [9.17, 15) is 0 Å². The van der Waals surface area contributed by atoms with E-state index < -0.39 is 0 Å². The molecule has 0 aromatic heterocycles. The molecule has 2 rings (SSSR count). The Morgan fingerprint density at radius 1 is 1.38 bits per heavy atom. The predicted octanol–water partition coefficient (Wildman–Crippen LogP) is 2.57. The molecule has 0 radical (unpaired) electrons. The molecule has 0 amide bonds. The van der Waals surface area contributed by atoms with E-state index in [2.05, 4.69) is 21.1 Å². The Balaban J connectivity index is 2.38. The van der Waals surface area contributed by atoms with Gasteiger partial charge in [0, 0.05) is 13.1 Å². The average Bonchev–Trinajstić information content (AvgIpc) is 2.33. The molecule has 1 aliphatic heterocycles. The molecular formula is C12H14N2OS. The molecule has 84 valence electrons. The van der Waals surface area contributed by atoms with Crippen molar-refractivity contribution in [3.8, 4) is 0 Å².